The van der Waals surface area contributed by atoms with Gasteiger partial charge in [0.15, 0.2) is 17.3 Å². The molecule has 1 amide bonds. The van der Waals surface area contributed by atoms with Crippen molar-refractivity contribution in [3.05, 3.63) is 23.9 Å². The Hall–Kier alpha value is -3.03. The lowest BCUT2D eigenvalue weighted by molar-refractivity contribution is 0.0939. The molecule has 174 valence electrons. The van der Waals surface area contributed by atoms with E-state index in [0.717, 1.165) is 31.4 Å². The maximum absolute atomic E-state index is 13.0. The number of hydrogen-bond donors (Lipinski definition) is 1. The summed E-state index contributed by atoms with van der Waals surface area (Å²) in [4.78, 5) is 24.7. The van der Waals surface area contributed by atoms with Gasteiger partial charge in [-0.3, -0.25) is 4.79 Å². The summed E-state index contributed by atoms with van der Waals surface area (Å²) in [5.41, 5.74) is 1.22. The van der Waals surface area contributed by atoms with Crippen LogP contribution in [0.15, 0.2) is 18.3 Å². The van der Waals surface area contributed by atoms with E-state index < -0.39 is 0 Å². The van der Waals surface area contributed by atoms with Crippen LogP contribution in [0.5, 0.6) is 17.2 Å². The van der Waals surface area contributed by atoms with Gasteiger partial charge in [-0.05, 0) is 51.7 Å². The topological polar surface area (TPSA) is 85.8 Å². The summed E-state index contributed by atoms with van der Waals surface area (Å²) in [6, 6.07) is 4.00. The van der Waals surface area contributed by atoms with Gasteiger partial charge in [-0.2, -0.15) is 0 Å². The minimum absolute atomic E-state index is 0.0731. The van der Waals surface area contributed by atoms with Crippen molar-refractivity contribution in [1.29, 1.82) is 0 Å². The lowest BCUT2D eigenvalue weighted by Crippen LogP contribution is -2.40. The van der Waals surface area contributed by atoms with Gasteiger partial charge in [0.25, 0.3) is 5.91 Å². The number of rotatable bonds is 8. The highest BCUT2D eigenvalue weighted by Gasteiger charge is 2.27. The van der Waals surface area contributed by atoms with E-state index in [4.69, 9.17) is 19.2 Å². The molecule has 1 aliphatic heterocycles. The predicted molar refractivity (Wildman–Crippen MR) is 125 cm³/mol. The fourth-order valence-electron chi connectivity index (χ4n) is 3.92. The van der Waals surface area contributed by atoms with E-state index in [2.05, 4.69) is 22.1 Å². The van der Waals surface area contributed by atoms with Gasteiger partial charge >= 0.3 is 0 Å². The number of methoxy groups -OCH3 is 3. The van der Waals surface area contributed by atoms with Crippen LogP contribution >= 0.6 is 0 Å². The second kappa shape index (κ2) is 10.5. The second-order valence-corrected chi connectivity index (χ2v) is 8.17. The molecule has 0 saturated carbocycles. The van der Waals surface area contributed by atoms with Crippen molar-refractivity contribution in [2.75, 3.05) is 32.8 Å². The van der Waals surface area contributed by atoms with Gasteiger partial charge in [-0.25, -0.2) is 9.97 Å². The molecule has 1 N–H and O–H groups in total. The number of carbonyl (C=O) groups is 1. The van der Waals surface area contributed by atoms with Crippen LogP contribution < -0.4 is 24.4 Å². The third kappa shape index (κ3) is 4.89. The average molecular weight is 443 g/mol. The van der Waals surface area contributed by atoms with Crippen molar-refractivity contribution in [1.82, 2.24) is 15.3 Å². The quantitative estimate of drug-likeness (QED) is 0.659. The van der Waals surface area contributed by atoms with Crippen molar-refractivity contribution in [2.24, 2.45) is 0 Å². The summed E-state index contributed by atoms with van der Waals surface area (Å²) < 4.78 is 16.4. The molecule has 2 aromatic rings. The molecule has 1 aromatic heterocycles. The SMILES string of the molecule is CC[C@@H](C)NC(=O)c1cnc(-c2cc(OC)c(OC)c(OC)c2)nc1N1CCCC[C@@H]1C. The zero-order chi connectivity index (χ0) is 23.3. The van der Waals surface area contributed by atoms with Gasteiger partial charge in [-0.1, -0.05) is 6.92 Å². The van der Waals surface area contributed by atoms with E-state index in [9.17, 15) is 4.79 Å². The van der Waals surface area contributed by atoms with E-state index in [0.29, 0.717) is 40.5 Å². The van der Waals surface area contributed by atoms with Gasteiger partial charge in [0.05, 0.1) is 21.3 Å². The number of anilines is 1. The first-order valence-electron chi connectivity index (χ1n) is 11.2. The lowest BCUT2D eigenvalue weighted by atomic mass is 10.0. The number of nitrogens with one attached hydrogen (secondary N) is 1. The average Bonchev–Trinajstić information content (AvgIpc) is 2.82. The van der Waals surface area contributed by atoms with E-state index in [-0.39, 0.29) is 11.9 Å². The van der Waals surface area contributed by atoms with Gasteiger partial charge < -0.3 is 24.4 Å². The van der Waals surface area contributed by atoms with Gasteiger partial charge in [-0.15, -0.1) is 0 Å². The number of amides is 1. The molecule has 2 atom stereocenters. The molecule has 0 unspecified atom stereocenters. The molecular formula is C24H34N4O4. The third-order valence-corrected chi connectivity index (χ3v) is 6.00. The molecule has 0 bridgehead atoms. The first kappa shape index (κ1) is 23.6. The number of aromatic nitrogens is 2. The van der Waals surface area contributed by atoms with Crippen molar-refractivity contribution >= 4 is 11.7 Å². The van der Waals surface area contributed by atoms with Crippen molar-refractivity contribution in [2.45, 2.75) is 58.5 Å². The highest BCUT2D eigenvalue weighted by Crippen LogP contribution is 2.41. The van der Waals surface area contributed by atoms with Gasteiger partial charge in [0.1, 0.15) is 11.4 Å². The van der Waals surface area contributed by atoms with E-state index >= 15 is 0 Å². The second-order valence-electron chi connectivity index (χ2n) is 8.17. The Kier molecular flexibility index (Phi) is 7.77. The Morgan fingerprint density at radius 2 is 1.88 bits per heavy atom. The minimum atomic E-state index is -0.149. The first-order valence-corrected chi connectivity index (χ1v) is 11.2. The molecule has 32 heavy (non-hydrogen) atoms. The zero-order valence-electron chi connectivity index (χ0n) is 19.9. The summed E-state index contributed by atoms with van der Waals surface area (Å²) in [5, 5.41) is 3.05. The van der Waals surface area contributed by atoms with Crippen molar-refractivity contribution in [3.63, 3.8) is 0 Å². The normalized spacial score (nSPS) is 16.9. The largest absolute Gasteiger partial charge is 0.493 e. The number of benzene rings is 1. The fourth-order valence-corrected chi connectivity index (χ4v) is 3.92. The summed E-state index contributed by atoms with van der Waals surface area (Å²) in [5.74, 6) is 2.57. The maximum atomic E-state index is 13.0. The molecule has 8 nitrogen and oxygen atoms in total. The zero-order valence-corrected chi connectivity index (χ0v) is 19.9. The summed E-state index contributed by atoms with van der Waals surface area (Å²) in [7, 11) is 4.72. The molecule has 1 saturated heterocycles. The lowest BCUT2D eigenvalue weighted by Gasteiger charge is -2.35. The molecule has 1 fully saturated rings. The van der Waals surface area contributed by atoms with Crippen LogP contribution in [0.2, 0.25) is 0 Å². The fraction of sp³-hybridized carbons (Fsp3) is 0.542. The Morgan fingerprint density at radius 3 is 2.44 bits per heavy atom. The Bertz CT molecular complexity index is 925. The summed E-state index contributed by atoms with van der Waals surface area (Å²) in [6.45, 7) is 7.07. The molecule has 1 aliphatic rings. The van der Waals surface area contributed by atoms with Crippen LogP contribution in [0.25, 0.3) is 11.4 Å². The van der Waals surface area contributed by atoms with E-state index in [1.54, 1.807) is 27.5 Å². The molecule has 1 aromatic carbocycles. The van der Waals surface area contributed by atoms with Crippen LogP contribution in [-0.2, 0) is 0 Å². The molecule has 0 aliphatic carbocycles. The molecule has 2 heterocycles. The number of hydrogen-bond acceptors (Lipinski definition) is 7. The van der Waals surface area contributed by atoms with Crippen LogP contribution in [0, 0.1) is 0 Å². The predicted octanol–water partition coefficient (Wildman–Crippen LogP) is 4.08. The van der Waals surface area contributed by atoms with Crippen LogP contribution in [-0.4, -0.2) is 55.8 Å². The van der Waals surface area contributed by atoms with Gasteiger partial charge in [0.2, 0.25) is 5.75 Å². The minimum Gasteiger partial charge on any atom is -0.493 e. The van der Waals surface area contributed by atoms with Crippen LogP contribution in [0.1, 0.15) is 56.8 Å². The summed E-state index contributed by atoms with van der Waals surface area (Å²) in [6.07, 6.45) is 5.79. The first-order chi connectivity index (χ1) is 15.4. The number of piperidine rings is 1. The summed E-state index contributed by atoms with van der Waals surface area (Å²) >= 11 is 0. The highest BCUT2D eigenvalue weighted by atomic mass is 16.5. The number of ether oxygens (including phenoxy) is 3. The van der Waals surface area contributed by atoms with E-state index in [1.807, 2.05) is 26.0 Å². The standard InChI is InChI=1S/C24H34N4O4/c1-7-15(2)26-24(29)18-14-25-22(27-23(18)28-11-9-8-10-16(28)3)17-12-19(30-4)21(32-6)20(13-17)31-5/h12-16H,7-11H2,1-6H3,(H,26,29)/t15-,16+/m1/s1. The van der Waals surface area contributed by atoms with Crippen LogP contribution in [0.3, 0.4) is 0 Å². The Balaban J connectivity index is 2.11. The number of nitrogens with zero attached hydrogens (tertiary/aromatic N) is 3. The van der Waals surface area contributed by atoms with E-state index in [1.165, 1.54) is 6.42 Å². The van der Waals surface area contributed by atoms with Crippen molar-refractivity contribution in [3.8, 4) is 28.6 Å². The molecule has 0 spiro atoms. The highest BCUT2D eigenvalue weighted by molar-refractivity contribution is 5.99. The number of carbonyl (C=O) groups excluding carboxylic acids is 1. The molecule has 0 radical (unpaired) electrons. The van der Waals surface area contributed by atoms with Crippen molar-refractivity contribution < 1.29 is 19.0 Å². The monoisotopic (exact) mass is 442 g/mol. The molecular weight excluding hydrogens is 408 g/mol. The van der Waals surface area contributed by atoms with Gasteiger partial charge in [0, 0.05) is 30.4 Å². The maximum Gasteiger partial charge on any atom is 0.256 e. The van der Waals surface area contributed by atoms with Crippen LogP contribution in [0.4, 0.5) is 5.82 Å². The molecule has 8 heteroatoms. The Labute approximate surface area is 190 Å². The molecule has 3 rings (SSSR count). The third-order valence-electron chi connectivity index (χ3n) is 6.00. The Morgan fingerprint density at radius 1 is 1.19 bits per heavy atom. The smallest absolute Gasteiger partial charge is 0.256 e.